The lowest BCUT2D eigenvalue weighted by molar-refractivity contribution is 0.0978. The Morgan fingerprint density at radius 3 is 2.71 bits per heavy atom. The Balaban J connectivity index is 2.39. The molecule has 1 nitrogen and oxygen atoms in total. The number of benzene rings is 2. The molecule has 2 aromatic rings. The molecule has 0 bridgehead atoms. The summed E-state index contributed by atoms with van der Waals surface area (Å²) in [6, 6.07) is 9.19. The average molecular weight is 228 g/mol. The summed E-state index contributed by atoms with van der Waals surface area (Å²) in [5.74, 6) is -0.397. The average Bonchev–Trinajstić information content (AvgIpc) is 2.52. The van der Waals surface area contributed by atoms with Crippen molar-refractivity contribution in [2.24, 2.45) is 0 Å². The van der Waals surface area contributed by atoms with E-state index in [0.29, 0.717) is 12.0 Å². The van der Waals surface area contributed by atoms with Gasteiger partial charge in [0.1, 0.15) is 5.82 Å². The van der Waals surface area contributed by atoms with E-state index >= 15 is 0 Å². The fourth-order valence-electron chi connectivity index (χ4n) is 2.66. The second-order valence-corrected chi connectivity index (χ2v) is 4.56. The lowest BCUT2D eigenvalue weighted by Crippen LogP contribution is -2.04. The SMILES string of the molecule is O=C1CCCCc2c1c(F)cc1ccccc21. The molecule has 0 atom stereocenters. The summed E-state index contributed by atoms with van der Waals surface area (Å²) < 4.78 is 14.0. The minimum Gasteiger partial charge on any atom is -0.294 e. The standard InChI is InChI=1S/C15H13FO/c16-13-9-10-5-1-2-6-11(10)12-7-3-4-8-14(17)15(12)13/h1-2,5-6,9H,3-4,7-8H2. The van der Waals surface area contributed by atoms with Crippen LogP contribution in [0.25, 0.3) is 10.8 Å². The Kier molecular flexibility index (Phi) is 2.43. The predicted octanol–water partition coefficient (Wildman–Crippen LogP) is 3.89. The van der Waals surface area contributed by atoms with Crippen molar-refractivity contribution in [2.75, 3.05) is 0 Å². The van der Waals surface area contributed by atoms with Crippen molar-refractivity contribution in [1.82, 2.24) is 0 Å². The zero-order valence-corrected chi connectivity index (χ0v) is 9.50. The molecule has 0 heterocycles. The van der Waals surface area contributed by atoms with Crippen molar-refractivity contribution in [2.45, 2.75) is 25.7 Å². The number of carbonyl (C=O) groups is 1. The Morgan fingerprint density at radius 2 is 1.82 bits per heavy atom. The third-order valence-electron chi connectivity index (χ3n) is 3.47. The molecule has 3 rings (SSSR count). The molecule has 0 saturated heterocycles. The van der Waals surface area contributed by atoms with E-state index in [9.17, 15) is 9.18 Å². The van der Waals surface area contributed by atoms with Crippen LogP contribution >= 0.6 is 0 Å². The highest BCUT2D eigenvalue weighted by molar-refractivity contribution is 6.03. The molecule has 0 spiro atoms. The van der Waals surface area contributed by atoms with Gasteiger partial charge in [-0.2, -0.15) is 0 Å². The van der Waals surface area contributed by atoms with Crippen LogP contribution in [0.3, 0.4) is 0 Å². The van der Waals surface area contributed by atoms with Gasteiger partial charge >= 0.3 is 0 Å². The van der Waals surface area contributed by atoms with Gasteiger partial charge in [-0.05, 0) is 41.7 Å². The Hall–Kier alpha value is -1.70. The lowest BCUT2D eigenvalue weighted by atomic mass is 9.94. The topological polar surface area (TPSA) is 17.1 Å². The van der Waals surface area contributed by atoms with Crippen molar-refractivity contribution in [3.63, 3.8) is 0 Å². The van der Waals surface area contributed by atoms with Crippen LogP contribution in [0.5, 0.6) is 0 Å². The molecule has 0 saturated carbocycles. The number of carbonyl (C=O) groups excluding carboxylic acids is 1. The maximum absolute atomic E-state index is 14.0. The molecular weight excluding hydrogens is 215 g/mol. The van der Waals surface area contributed by atoms with Crippen LogP contribution < -0.4 is 0 Å². The van der Waals surface area contributed by atoms with E-state index in [2.05, 4.69) is 0 Å². The number of aryl methyl sites for hydroxylation is 1. The first kappa shape index (κ1) is 10.5. The third kappa shape index (κ3) is 1.64. The Bertz CT molecular complexity index is 601. The first-order chi connectivity index (χ1) is 8.27. The highest BCUT2D eigenvalue weighted by Gasteiger charge is 2.21. The fourth-order valence-corrected chi connectivity index (χ4v) is 2.66. The van der Waals surface area contributed by atoms with E-state index < -0.39 is 0 Å². The molecule has 0 unspecified atom stereocenters. The minimum atomic E-state index is -0.356. The summed E-state index contributed by atoms with van der Waals surface area (Å²) >= 11 is 0. The Morgan fingerprint density at radius 1 is 1.06 bits per heavy atom. The van der Waals surface area contributed by atoms with Gasteiger partial charge in [0.2, 0.25) is 0 Å². The lowest BCUT2D eigenvalue weighted by Gasteiger charge is -2.10. The molecule has 1 aliphatic rings. The van der Waals surface area contributed by atoms with Crippen molar-refractivity contribution in [3.05, 3.63) is 47.3 Å². The van der Waals surface area contributed by atoms with Crippen molar-refractivity contribution < 1.29 is 9.18 Å². The monoisotopic (exact) mass is 228 g/mol. The van der Waals surface area contributed by atoms with E-state index in [1.54, 1.807) is 0 Å². The summed E-state index contributed by atoms with van der Waals surface area (Å²) in [6.07, 6.45) is 3.11. The normalized spacial score (nSPS) is 15.7. The molecule has 17 heavy (non-hydrogen) atoms. The van der Waals surface area contributed by atoms with Gasteiger partial charge in [0.05, 0.1) is 5.56 Å². The summed E-state index contributed by atoms with van der Waals surface area (Å²) in [6.45, 7) is 0. The number of fused-ring (bicyclic) bond motifs is 3. The van der Waals surface area contributed by atoms with Crippen molar-refractivity contribution >= 4 is 16.6 Å². The number of hydrogen-bond acceptors (Lipinski definition) is 1. The van der Waals surface area contributed by atoms with Crippen LogP contribution in [0.1, 0.15) is 35.2 Å². The van der Waals surface area contributed by atoms with Crippen LogP contribution in [0.15, 0.2) is 30.3 Å². The van der Waals surface area contributed by atoms with Crippen LogP contribution in [0.2, 0.25) is 0 Å². The quantitative estimate of drug-likeness (QED) is 0.625. The van der Waals surface area contributed by atoms with E-state index in [4.69, 9.17) is 0 Å². The molecular formula is C15H13FO. The second kappa shape index (κ2) is 3.95. The van der Waals surface area contributed by atoms with Gasteiger partial charge in [0, 0.05) is 6.42 Å². The van der Waals surface area contributed by atoms with Crippen LogP contribution in [-0.2, 0) is 6.42 Å². The number of rotatable bonds is 0. The summed E-state index contributed by atoms with van der Waals surface area (Å²) in [5, 5.41) is 1.91. The molecule has 0 amide bonds. The number of halogens is 1. The number of hydrogen-bond donors (Lipinski definition) is 0. The molecule has 0 aliphatic heterocycles. The summed E-state index contributed by atoms with van der Waals surface area (Å²) in [4.78, 5) is 11.9. The Labute approximate surface area is 99.3 Å². The zero-order chi connectivity index (χ0) is 11.8. The number of ketones is 1. The minimum absolute atomic E-state index is 0.0410. The molecule has 1 aliphatic carbocycles. The smallest absolute Gasteiger partial charge is 0.166 e. The van der Waals surface area contributed by atoms with E-state index in [1.165, 1.54) is 6.07 Å². The molecule has 86 valence electrons. The largest absolute Gasteiger partial charge is 0.294 e. The van der Waals surface area contributed by atoms with Gasteiger partial charge in [-0.15, -0.1) is 0 Å². The van der Waals surface area contributed by atoms with E-state index in [0.717, 1.165) is 35.6 Å². The predicted molar refractivity (Wildman–Crippen MR) is 65.8 cm³/mol. The summed E-state index contributed by atoms with van der Waals surface area (Å²) in [7, 11) is 0. The third-order valence-corrected chi connectivity index (χ3v) is 3.47. The van der Waals surface area contributed by atoms with Crippen LogP contribution in [-0.4, -0.2) is 5.78 Å². The summed E-state index contributed by atoms with van der Waals surface area (Å²) in [5.41, 5.74) is 1.24. The first-order valence-corrected chi connectivity index (χ1v) is 6.00. The van der Waals surface area contributed by atoms with Crippen molar-refractivity contribution in [3.8, 4) is 0 Å². The molecule has 0 aromatic heterocycles. The first-order valence-electron chi connectivity index (χ1n) is 6.00. The fraction of sp³-hybridized carbons (Fsp3) is 0.267. The van der Waals surface area contributed by atoms with Gasteiger partial charge in [-0.3, -0.25) is 4.79 Å². The molecule has 0 fully saturated rings. The van der Waals surface area contributed by atoms with Gasteiger partial charge in [-0.25, -0.2) is 4.39 Å². The second-order valence-electron chi connectivity index (χ2n) is 4.56. The highest BCUT2D eigenvalue weighted by Crippen LogP contribution is 2.30. The maximum Gasteiger partial charge on any atom is 0.166 e. The van der Waals surface area contributed by atoms with Gasteiger partial charge in [0.25, 0.3) is 0 Å². The molecule has 0 radical (unpaired) electrons. The molecule has 2 heteroatoms. The van der Waals surface area contributed by atoms with Crippen LogP contribution in [0.4, 0.5) is 4.39 Å². The molecule has 2 aromatic carbocycles. The maximum atomic E-state index is 14.0. The van der Waals surface area contributed by atoms with Gasteiger partial charge in [-0.1, -0.05) is 24.3 Å². The van der Waals surface area contributed by atoms with Gasteiger partial charge < -0.3 is 0 Å². The zero-order valence-electron chi connectivity index (χ0n) is 9.50. The van der Waals surface area contributed by atoms with Crippen LogP contribution in [0, 0.1) is 5.82 Å². The molecule has 0 N–H and O–H groups in total. The highest BCUT2D eigenvalue weighted by atomic mass is 19.1. The van der Waals surface area contributed by atoms with Crippen molar-refractivity contribution in [1.29, 1.82) is 0 Å². The van der Waals surface area contributed by atoms with E-state index in [1.807, 2.05) is 24.3 Å². The van der Waals surface area contributed by atoms with E-state index in [-0.39, 0.29) is 11.6 Å². The number of Topliss-reactive ketones (excluding diaryl/α,β-unsaturated/α-hetero) is 1. The van der Waals surface area contributed by atoms with Gasteiger partial charge in [0.15, 0.2) is 5.78 Å².